The normalized spacial score (nSPS) is 27.1. The SMILES string of the molecule is CC1=CC(=O)CCC1(C)C/C=[C](/C)[Sn]([CH3])([CH3])[CH3]. The molecule has 0 heterocycles. The molecule has 0 spiro atoms. The monoisotopic (exact) mass is 342 g/mol. The first-order valence-electron chi connectivity index (χ1n) is 6.54. The molecule has 0 saturated carbocycles. The zero-order valence-electron chi connectivity index (χ0n) is 12.2. The summed E-state index contributed by atoms with van der Waals surface area (Å²) in [6, 6.07) is 0. The van der Waals surface area contributed by atoms with Crippen LogP contribution in [0.25, 0.3) is 0 Å². The van der Waals surface area contributed by atoms with Gasteiger partial charge in [0.15, 0.2) is 0 Å². The van der Waals surface area contributed by atoms with Crippen LogP contribution >= 0.6 is 0 Å². The van der Waals surface area contributed by atoms with E-state index in [4.69, 9.17) is 0 Å². The number of allylic oxidation sites excluding steroid dienone is 4. The molecule has 96 valence electrons. The molecule has 1 unspecified atom stereocenters. The standard InChI is InChI=1S/C12H17O.3CH3.Sn/c1-4-5-7-12(3)8-6-11(13)9-10(12)2;;;;/h5,9H,6-8H2,1-3H3;3*1H3;. The van der Waals surface area contributed by atoms with Crippen molar-refractivity contribution in [2.75, 3.05) is 0 Å². The van der Waals surface area contributed by atoms with E-state index in [1.807, 2.05) is 6.08 Å². The van der Waals surface area contributed by atoms with Crippen LogP contribution in [0.15, 0.2) is 21.3 Å². The molecular formula is C15H26OSn. The van der Waals surface area contributed by atoms with Gasteiger partial charge in [-0.25, -0.2) is 0 Å². The van der Waals surface area contributed by atoms with Crippen LogP contribution in [0.5, 0.6) is 0 Å². The molecule has 1 nitrogen and oxygen atoms in total. The molecule has 0 bridgehead atoms. The molecule has 17 heavy (non-hydrogen) atoms. The van der Waals surface area contributed by atoms with Crippen LogP contribution in [0.4, 0.5) is 0 Å². The zero-order chi connectivity index (χ0) is 13.3. The fourth-order valence-electron chi connectivity index (χ4n) is 2.03. The molecule has 0 aromatic carbocycles. The van der Waals surface area contributed by atoms with Crippen LogP contribution in [-0.4, -0.2) is 24.2 Å². The molecule has 0 amide bonds. The number of rotatable bonds is 3. The van der Waals surface area contributed by atoms with Gasteiger partial charge in [-0.1, -0.05) is 0 Å². The molecular weight excluding hydrogens is 315 g/mol. The minimum absolute atomic E-state index is 0.215. The van der Waals surface area contributed by atoms with Gasteiger partial charge in [0, 0.05) is 0 Å². The molecule has 0 fully saturated rings. The van der Waals surface area contributed by atoms with Crippen LogP contribution in [0.2, 0.25) is 14.8 Å². The Balaban J connectivity index is 2.82. The summed E-state index contributed by atoms with van der Waals surface area (Å²) in [4.78, 5) is 18.7. The van der Waals surface area contributed by atoms with Crippen molar-refractivity contribution < 1.29 is 4.79 Å². The van der Waals surface area contributed by atoms with Crippen molar-refractivity contribution in [2.45, 2.75) is 54.9 Å². The number of hydrogen-bond donors (Lipinski definition) is 0. The van der Waals surface area contributed by atoms with Crippen molar-refractivity contribution in [3.05, 3.63) is 21.3 Å². The Bertz CT molecular complexity index is 371. The van der Waals surface area contributed by atoms with Crippen LogP contribution in [-0.2, 0) is 4.79 Å². The first-order chi connectivity index (χ1) is 7.65. The van der Waals surface area contributed by atoms with Gasteiger partial charge in [0.25, 0.3) is 0 Å². The fourth-order valence-corrected chi connectivity index (χ4v) is 4.07. The van der Waals surface area contributed by atoms with Gasteiger partial charge in [0.1, 0.15) is 0 Å². The molecule has 1 atom stereocenters. The van der Waals surface area contributed by atoms with Gasteiger partial charge in [0.05, 0.1) is 0 Å². The molecule has 1 aliphatic carbocycles. The van der Waals surface area contributed by atoms with E-state index in [0.717, 1.165) is 19.3 Å². The third kappa shape index (κ3) is 3.97. The summed E-state index contributed by atoms with van der Waals surface area (Å²) in [5.41, 5.74) is 1.48. The number of carbonyl (C=O) groups excluding carboxylic acids is 1. The summed E-state index contributed by atoms with van der Waals surface area (Å²) in [7, 11) is 0. The van der Waals surface area contributed by atoms with Crippen LogP contribution < -0.4 is 0 Å². The predicted molar refractivity (Wildman–Crippen MR) is 77.8 cm³/mol. The van der Waals surface area contributed by atoms with E-state index >= 15 is 0 Å². The summed E-state index contributed by atoms with van der Waals surface area (Å²) in [5.74, 6) is 0.302. The van der Waals surface area contributed by atoms with Crippen molar-refractivity contribution in [1.29, 1.82) is 0 Å². The quantitative estimate of drug-likeness (QED) is 0.690. The van der Waals surface area contributed by atoms with E-state index in [1.165, 1.54) is 5.57 Å². The molecule has 0 saturated heterocycles. The molecule has 0 aromatic heterocycles. The number of carbonyl (C=O) groups is 1. The van der Waals surface area contributed by atoms with Crippen molar-refractivity contribution in [3.8, 4) is 0 Å². The Morgan fingerprint density at radius 1 is 1.47 bits per heavy atom. The average molecular weight is 341 g/mol. The van der Waals surface area contributed by atoms with Crippen molar-refractivity contribution in [2.24, 2.45) is 5.41 Å². The van der Waals surface area contributed by atoms with Gasteiger partial charge in [-0.2, -0.15) is 0 Å². The maximum absolute atomic E-state index is 11.4. The molecule has 0 N–H and O–H groups in total. The Morgan fingerprint density at radius 2 is 2.06 bits per heavy atom. The summed E-state index contributed by atoms with van der Waals surface area (Å²) in [6.45, 7) is 6.71. The van der Waals surface area contributed by atoms with Crippen molar-refractivity contribution >= 4 is 24.2 Å². The maximum atomic E-state index is 11.4. The molecule has 1 aliphatic rings. The molecule has 2 heteroatoms. The fraction of sp³-hybridized carbons (Fsp3) is 0.667. The molecule has 0 aromatic rings. The second-order valence-electron chi connectivity index (χ2n) is 6.70. The van der Waals surface area contributed by atoms with Crippen LogP contribution in [0, 0.1) is 5.41 Å². The van der Waals surface area contributed by atoms with Crippen molar-refractivity contribution in [3.63, 3.8) is 0 Å². The zero-order valence-corrected chi connectivity index (χ0v) is 15.0. The third-order valence-corrected chi connectivity index (χ3v) is 11.6. The average Bonchev–Trinajstić information content (AvgIpc) is 2.20. The van der Waals surface area contributed by atoms with E-state index in [2.05, 4.69) is 41.7 Å². The Labute approximate surface area is 110 Å². The first-order valence-corrected chi connectivity index (χ1v) is 16.5. The van der Waals surface area contributed by atoms with Gasteiger partial charge in [-0.3, -0.25) is 0 Å². The summed E-state index contributed by atoms with van der Waals surface area (Å²) >= 11 is -1.85. The first kappa shape index (κ1) is 15.0. The van der Waals surface area contributed by atoms with Gasteiger partial charge < -0.3 is 0 Å². The molecule has 0 radical (unpaired) electrons. The number of ketones is 1. The Kier molecular flexibility index (Phi) is 4.67. The van der Waals surface area contributed by atoms with Gasteiger partial charge >= 0.3 is 111 Å². The second kappa shape index (κ2) is 5.29. The van der Waals surface area contributed by atoms with Crippen molar-refractivity contribution in [1.82, 2.24) is 0 Å². The van der Waals surface area contributed by atoms with Gasteiger partial charge in [-0.05, 0) is 0 Å². The molecule has 1 rings (SSSR count). The summed E-state index contributed by atoms with van der Waals surface area (Å²) in [6.07, 6.45) is 7.13. The second-order valence-corrected chi connectivity index (χ2v) is 21.8. The van der Waals surface area contributed by atoms with E-state index in [0.29, 0.717) is 5.78 Å². The van der Waals surface area contributed by atoms with Crippen LogP contribution in [0.3, 0.4) is 0 Å². The van der Waals surface area contributed by atoms with E-state index in [1.54, 1.807) is 3.59 Å². The van der Waals surface area contributed by atoms with E-state index in [9.17, 15) is 4.79 Å². The van der Waals surface area contributed by atoms with Crippen LogP contribution in [0.1, 0.15) is 40.0 Å². The van der Waals surface area contributed by atoms with E-state index in [-0.39, 0.29) is 5.41 Å². The number of hydrogen-bond acceptors (Lipinski definition) is 1. The van der Waals surface area contributed by atoms with Gasteiger partial charge in [-0.15, -0.1) is 0 Å². The summed E-state index contributed by atoms with van der Waals surface area (Å²) in [5, 5.41) is 0. The topological polar surface area (TPSA) is 17.1 Å². The predicted octanol–water partition coefficient (Wildman–Crippen LogP) is 4.52. The summed E-state index contributed by atoms with van der Waals surface area (Å²) < 4.78 is 1.64. The minimum atomic E-state index is -1.85. The van der Waals surface area contributed by atoms with E-state index < -0.39 is 18.4 Å². The Morgan fingerprint density at radius 3 is 2.53 bits per heavy atom. The third-order valence-electron chi connectivity index (χ3n) is 4.29. The van der Waals surface area contributed by atoms with Gasteiger partial charge in [0.2, 0.25) is 0 Å². The molecule has 0 aliphatic heterocycles. The Hall–Kier alpha value is -0.0513.